The fourth-order valence-corrected chi connectivity index (χ4v) is 21.3. The van der Waals surface area contributed by atoms with E-state index in [1.807, 2.05) is 18.2 Å². The predicted octanol–water partition coefficient (Wildman–Crippen LogP) is 9.63. The van der Waals surface area contributed by atoms with E-state index in [-0.39, 0.29) is 0 Å². The number of hydrogen-bond donors (Lipinski definition) is 0. The molecule has 2 aromatic rings. The summed E-state index contributed by atoms with van der Waals surface area (Å²) < 4.78 is 44.9. The van der Waals surface area contributed by atoms with E-state index in [2.05, 4.69) is 39.0 Å². The third-order valence-corrected chi connectivity index (χ3v) is 22.0. The van der Waals surface area contributed by atoms with E-state index in [0.29, 0.717) is 0 Å². The van der Waals surface area contributed by atoms with Crippen molar-refractivity contribution < 1.29 is 13.2 Å². The molecule has 0 saturated carbocycles. The monoisotopic (exact) mass is 538 g/mol. The molecule has 0 nitrogen and oxygen atoms in total. The molecule has 0 N–H and O–H groups in total. The van der Waals surface area contributed by atoms with Gasteiger partial charge in [-0.25, -0.2) is 0 Å². The molecule has 2 rings (SSSR count). The van der Waals surface area contributed by atoms with Gasteiger partial charge in [-0.05, 0) is 0 Å². The molecule has 0 radical (unpaired) electrons. The molecule has 0 amide bonds. The standard InChI is InChI=1S/C15H10F3.3C4H9.Sn/c16-15(17,18)14-10-8-13(9-11-14)7-6-12-4-2-1-3-5-12;3*1-3-4-2;/h1-6,8-11H;3*1,3-4H2,2H3;. The summed E-state index contributed by atoms with van der Waals surface area (Å²) in [6.07, 6.45) is 5.19. The predicted molar refractivity (Wildman–Crippen MR) is 131 cm³/mol. The quantitative estimate of drug-likeness (QED) is 0.187. The van der Waals surface area contributed by atoms with Crippen molar-refractivity contribution in [3.05, 3.63) is 71.3 Å². The van der Waals surface area contributed by atoms with Crippen molar-refractivity contribution in [2.24, 2.45) is 0 Å². The maximum absolute atomic E-state index is 13.2. The summed E-state index contributed by atoms with van der Waals surface area (Å²) in [5, 5.41) is 0. The van der Waals surface area contributed by atoms with E-state index < -0.39 is 30.1 Å². The van der Waals surface area contributed by atoms with Crippen LogP contribution in [0.25, 0.3) is 9.67 Å². The van der Waals surface area contributed by atoms with Crippen molar-refractivity contribution in [1.82, 2.24) is 0 Å². The second kappa shape index (κ2) is 12.7. The van der Waals surface area contributed by atoms with Crippen molar-refractivity contribution in [1.29, 1.82) is 0 Å². The fourth-order valence-electron chi connectivity index (χ4n) is 4.42. The van der Waals surface area contributed by atoms with Crippen LogP contribution in [0.2, 0.25) is 13.3 Å². The molecule has 0 heterocycles. The summed E-state index contributed by atoms with van der Waals surface area (Å²) in [7, 11) is 0. The van der Waals surface area contributed by atoms with Crippen molar-refractivity contribution >= 4 is 28.0 Å². The second-order valence-corrected chi connectivity index (χ2v) is 21.8. The van der Waals surface area contributed by atoms with Gasteiger partial charge >= 0.3 is 191 Å². The van der Waals surface area contributed by atoms with Crippen LogP contribution in [0.4, 0.5) is 13.2 Å². The Morgan fingerprint density at radius 2 is 1.23 bits per heavy atom. The molecule has 0 saturated heterocycles. The van der Waals surface area contributed by atoms with E-state index in [1.165, 1.54) is 67.6 Å². The summed E-state index contributed by atoms with van der Waals surface area (Å²) in [5.74, 6) is 0. The number of benzene rings is 2. The molecule has 0 aliphatic rings. The van der Waals surface area contributed by atoms with Crippen LogP contribution in [-0.2, 0) is 6.18 Å². The average Bonchev–Trinajstić information content (AvgIpc) is 2.78. The van der Waals surface area contributed by atoms with Gasteiger partial charge in [0.15, 0.2) is 0 Å². The molecule has 0 aliphatic carbocycles. The van der Waals surface area contributed by atoms with Crippen LogP contribution in [0.15, 0.2) is 54.6 Å². The van der Waals surface area contributed by atoms with Gasteiger partial charge in [0, 0.05) is 0 Å². The first-order valence-corrected chi connectivity index (χ1v) is 19.3. The van der Waals surface area contributed by atoms with Crippen LogP contribution >= 0.6 is 0 Å². The van der Waals surface area contributed by atoms with E-state index >= 15 is 0 Å². The Bertz CT molecular complexity index is 770. The van der Waals surface area contributed by atoms with Gasteiger partial charge in [0.05, 0.1) is 0 Å². The molecule has 170 valence electrons. The number of unbranched alkanes of at least 4 members (excludes halogenated alkanes) is 3. The summed E-state index contributed by atoms with van der Waals surface area (Å²) in [5.41, 5.74) is 1.60. The zero-order chi connectivity index (χ0) is 22.7. The molecule has 0 spiro atoms. The maximum atomic E-state index is 13.2. The molecule has 0 bridgehead atoms. The molecule has 4 heteroatoms. The van der Waals surface area contributed by atoms with Gasteiger partial charge in [-0.3, -0.25) is 0 Å². The van der Waals surface area contributed by atoms with Gasteiger partial charge in [0.25, 0.3) is 0 Å². The van der Waals surface area contributed by atoms with Crippen LogP contribution in [0.5, 0.6) is 0 Å². The Labute approximate surface area is 190 Å². The van der Waals surface area contributed by atoms with Gasteiger partial charge in [0.1, 0.15) is 0 Å². The molecule has 0 atom stereocenters. The molecule has 2 aromatic carbocycles. The fraction of sp³-hybridized carbons (Fsp3) is 0.481. The van der Waals surface area contributed by atoms with Crippen molar-refractivity contribution in [3.63, 3.8) is 0 Å². The van der Waals surface area contributed by atoms with E-state index in [1.54, 1.807) is 12.1 Å². The number of alkyl halides is 3. The molecule has 0 aromatic heterocycles. The van der Waals surface area contributed by atoms with Gasteiger partial charge in [-0.15, -0.1) is 0 Å². The average molecular weight is 537 g/mol. The number of hydrogen-bond acceptors (Lipinski definition) is 0. The normalized spacial score (nSPS) is 12.9. The first-order valence-electron chi connectivity index (χ1n) is 11.8. The third-order valence-electron chi connectivity index (χ3n) is 6.23. The zero-order valence-corrected chi connectivity index (χ0v) is 22.1. The van der Waals surface area contributed by atoms with Crippen LogP contribution in [0.3, 0.4) is 0 Å². The van der Waals surface area contributed by atoms with Gasteiger partial charge < -0.3 is 0 Å². The van der Waals surface area contributed by atoms with Crippen LogP contribution in [0, 0.1) is 0 Å². The Kier molecular flexibility index (Phi) is 10.7. The van der Waals surface area contributed by atoms with Gasteiger partial charge in [-0.1, -0.05) is 0 Å². The molecule has 31 heavy (non-hydrogen) atoms. The first-order chi connectivity index (χ1) is 14.9. The van der Waals surface area contributed by atoms with E-state index in [4.69, 9.17) is 0 Å². The number of halogens is 3. The van der Waals surface area contributed by atoms with E-state index in [9.17, 15) is 13.2 Å². The van der Waals surface area contributed by atoms with Crippen LogP contribution in [0.1, 0.15) is 76.0 Å². The second-order valence-electron chi connectivity index (χ2n) is 8.63. The summed E-state index contributed by atoms with van der Waals surface area (Å²) in [6.45, 7) is 6.74. The summed E-state index contributed by atoms with van der Waals surface area (Å²) in [6, 6.07) is 16.3. The SMILES string of the molecule is CCC[CH2][Sn]([CH2]CCC)([CH2]CCC)/[C](=C/c1ccccc1)c1ccc(C(F)(F)F)cc1. The third kappa shape index (κ3) is 7.69. The van der Waals surface area contributed by atoms with Crippen molar-refractivity contribution in [3.8, 4) is 0 Å². The Morgan fingerprint density at radius 1 is 0.742 bits per heavy atom. The van der Waals surface area contributed by atoms with Crippen LogP contribution < -0.4 is 0 Å². The zero-order valence-electron chi connectivity index (χ0n) is 19.3. The van der Waals surface area contributed by atoms with Gasteiger partial charge in [-0.2, -0.15) is 0 Å². The van der Waals surface area contributed by atoms with Crippen molar-refractivity contribution in [2.45, 2.75) is 78.8 Å². The van der Waals surface area contributed by atoms with E-state index in [0.717, 1.165) is 11.1 Å². The molecule has 0 aliphatic heterocycles. The molecular formula is C27H37F3Sn. The Morgan fingerprint density at radius 3 is 1.65 bits per heavy atom. The van der Waals surface area contributed by atoms with Crippen molar-refractivity contribution in [2.75, 3.05) is 0 Å². The molecule has 0 unspecified atom stereocenters. The number of rotatable bonds is 12. The Hall–Kier alpha value is -1.23. The van der Waals surface area contributed by atoms with Gasteiger partial charge in [0.2, 0.25) is 0 Å². The summed E-state index contributed by atoms with van der Waals surface area (Å²) in [4.78, 5) is 0. The molecular weight excluding hydrogens is 500 g/mol. The first kappa shape index (κ1) is 26.0. The van der Waals surface area contributed by atoms with Crippen LogP contribution in [-0.4, -0.2) is 18.4 Å². The summed E-state index contributed by atoms with van der Waals surface area (Å²) >= 11 is -2.86. The topological polar surface area (TPSA) is 0 Å². The molecule has 0 fully saturated rings. The Balaban J connectivity index is 2.64. The minimum absolute atomic E-state index is 0.563. The minimum atomic E-state index is -4.30.